The molecule has 1 saturated carbocycles. The number of aliphatic carboxylic acids is 1. The highest BCUT2D eigenvalue weighted by Gasteiger charge is 2.25. The van der Waals surface area contributed by atoms with Gasteiger partial charge in [0.25, 0.3) is 0 Å². The predicted molar refractivity (Wildman–Crippen MR) is 98.8 cm³/mol. The highest BCUT2D eigenvalue weighted by molar-refractivity contribution is 5.70. The zero-order valence-corrected chi connectivity index (χ0v) is 14.4. The van der Waals surface area contributed by atoms with E-state index in [1.165, 1.54) is 0 Å². The Morgan fingerprint density at radius 3 is 2.40 bits per heavy atom. The first-order valence-electron chi connectivity index (χ1n) is 8.97. The maximum Gasteiger partial charge on any atom is 0.306 e. The summed E-state index contributed by atoms with van der Waals surface area (Å²) >= 11 is 0. The van der Waals surface area contributed by atoms with Crippen LogP contribution in [0.3, 0.4) is 0 Å². The van der Waals surface area contributed by atoms with Crippen LogP contribution in [0.2, 0.25) is 0 Å². The number of hydrogen-bond donors (Lipinski definition) is 2. The highest BCUT2D eigenvalue weighted by atomic mass is 16.5. The largest absolute Gasteiger partial charge is 0.492 e. The Hall–Kier alpha value is -2.33. The SMILES string of the molecule is O=C(O)C1CCC(NCCOc2ccccc2-c2ccccc2)CC1. The molecular formula is C21H25NO3. The summed E-state index contributed by atoms with van der Waals surface area (Å²) in [7, 11) is 0. The van der Waals surface area contributed by atoms with Crippen LogP contribution < -0.4 is 10.1 Å². The van der Waals surface area contributed by atoms with Crippen molar-refractivity contribution in [1.29, 1.82) is 0 Å². The number of para-hydroxylation sites is 1. The van der Waals surface area contributed by atoms with Crippen molar-refractivity contribution in [2.75, 3.05) is 13.2 Å². The third kappa shape index (κ3) is 4.83. The molecule has 3 rings (SSSR count). The molecule has 0 spiro atoms. The van der Waals surface area contributed by atoms with Crippen molar-refractivity contribution in [3.05, 3.63) is 54.6 Å². The number of carboxylic acid groups (broad SMARTS) is 1. The van der Waals surface area contributed by atoms with Crippen LogP contribution in [0.15, 0.2) is 54.6 Å². The summed E-state index contributed by atoms with van der Waals surface area (Å²) in [5.41, 5.74) is 2.25. The Morgan fingerprint density at radius 1 is 1.00 bits per heavy atom. The van der Waals surface area contributed by atoms with Crippen molar-refractivity contribution in [3.8, 4) is 16.9 Å². The summed E-state index contributed by atoms with van der Waals surface area (Å²) < 4.78 is 5.99. The first-order chi connectivity index (χ1) is 12.2. The lowest BCUT2D eigenvalue weighted by Crippen LogP contribution is -2.37. The van der Waals surface area contributed by atoms with Gasteiger partial charge in [0.1, 0.15) is 12.4 Å². The van der Waals surface area contributed by atoms with Crippen LogP contribution in [-0.2, 0) is 4.79 Å². The molecule has 2 N–H and O–H groups in total. The van der Waals surface area contributed by atoms with Gasteiger partial charge in [-0.2, -0.15) is 0 Å². The van der Waals surface area contributed by atoms with E-state index in [1.807, 2.05) is 36.4 Å². The van der Waals surface area contributed by atoms with Gasteiger partial charge in [0, 0.05) is 18.2 Å². The quantitative estimate of drug-likeness (QED) is 0.750. The molecule has 0 heterocycles. The number of nitrogens with one attached hydrogen (secondary N) is 1. The topological polar surface area (TPSA) is 58.6 Å². The van der Waals surface area contributed by atoms with E-state index < -0.39 is 5.97 Å². The van der Waals surface area contributed by atoms with Crippen LogP contribution in [0, 0.1) is 5.92 Å². The van der Waals surface area contributed by atoms with Gasteiger partial charge in [0.15, 0.2) is 0 Å². The molecule has 0 aliphatic heterocycles. The van der Waals surface area contributed by atoms with Crippen molar-refractivity contribution in [1.82, 2.24) is 5.32 Å². The minimum Gasteiger partial charge on any atom is -0.492 e. The van der Waals surface area contributed by atoms with Gasteiger partial charge in [-0.25, -0.2) is 0 Å². The fourth-order valence-corrected chi connectivity index (χ4v) is 3.42. The minimum absolute atomic E-state index is 0.160. The Balaban J connectivity index is 1.47. The van der Waals surface area contributed by atoms with E-state index in [0.29, 0.717) is 12.6 Å². The van der Waals surface area contributed by atoms with Crippen LogP contribution >= 0.6 is 0 Å². The second-order valence-corrected chi connectivity index (χ2v) is 6.55. The van der Waals surface area contributed by atoms with Crippen molar-refractivity contribution >= 4 is 5.97 Å². The number of ether oxygens (including phenoxy) is 1. The summed E-state index contributed by atoms with van der Waals surface area (Å²) in [6.07, 6.45) is 3.39. The monoisotopic (exact) mass is 339 g/mol. The molecule has 1 aliphatic carbocycles. The Bertz CT molecular complexity index is 679. The van der Waals surface area contributed by atoms with E-state index in [-0.39, 0.29) is 5.92 Å². The van der Waals surface area contributed by atoms with Crippen LogP contribution in [0.5, 0.6) is 5.75 Å². The average molecular weight is 339 g/mol. The second kappa shape index (κ2) is 8.67. The second-order valence-electron chi connectivity index (χ2n) is 6.55. The molecule has 2 aromatic carbocycles. The molecule has 132 valence electrons. The van der Waals surface area contributed by atoms with Gasteiger partial charge in [-0.1, -0.05) is 48.5 Å². The van der Waals surface area contributed by atoms with Gasteiger partial charge in [-0.3, -0.25) is 4.79 Å². The van der Waals surface area contributed by atoms with Gasteiger partial charge in [-0.15, -0.1) is 0 Å². The maximum atomic E-state index is 11.0. The third-order valence-corrected chi connectivity index (χ3v) is 4.84. The van der Waals surface area contributed by atoms with Crippen molar-refractivity contribution in [3.63, 3.8) is 0 Å². The van der Waals surface area contributed by atoms with Crippen molar-refractivity contribution in [2.24, 2.45) is 5.92 Å². The number of rotatable bonds is 7. The van der Waals surface area contributed by atoms with Crippen LogP contribution in [0.25, 0.3) is 11.1 Å². The molecule has 0 unspecified atom stereocenters. The Kier molecular flexibility index (Phi) is 6.07. The van der Waals surface area contributed by atoms with Gasteiger partial charge in [-0.05, 0) is 37.3 Å². The van der Waals surface area contributed by atoms with E-state index in [2.05, 4.69) is 23.5 Å². The molecule has 2 aromatic rings. The number of benzene rings is 2. The van der Waals surface area contributed by atoms with Crippen LogP contribution in [0.1, 0.15) is 25.7 Å². The normalized spacial score (nSPS) is 20.2. The zero-order chi connectivity index (χ0) is 17.5. The Labute approximate surface area is 148 Å². The minimum atomic E-state index is -0.653. The van der Waals surface area contributed by atoms with Crippen LogP contribution in [0.4, 0.5) is 0 Å². The van der Waals surface area contributed by atoms with Gasteiger partial charge >= 0.3 is 5.97 Å². The Morgan fingerprint density at radius 2 is 1.68 bits per heavy atom. The summed E-state index contributed by atoms with van der Waals surface area (Å²) in [6, 6.07) is 18.7. The van der Waals surface area contributed by atoms with E-state index >= 15 is 0 Å². The molecule has 1 aliphatic rings. The van der Waals surface area contributed by atoms with Gasteiger partial charge in [0.2, 0.25) is 0 Å². The fraction of sp³-hybridized carbons (Fsp3) is 0.381. The van der Waals surface area contributed by atoms with E-state index in [9.17, 15) is 4.79 Å². The molecule has 1 fully saturated rings. The number of hydrogen-bond acceptors (Lipinski definition) is 3. The number of carboxylic acids is 1. The van der Waals surface area contributed by atoms with E-state index in [1.54, 1.807) is 0 Å². The third-order valence-electron chi connectivity index (χ3n) is 4.84. The fourth-order valence-electron chi connectivity index (χ4n) is 3.42. The molecule has 0 amide bonds. The van der Waals surface area contributed by atoms with Gasteiger partial charge in [0.05, 0.1) is 5.92 Å². The molecule has 0 aromatic heterocycles. The lowest BCUT2D eigenvalue weighted by molar-refractivity contribution is -0.142. The summed E-state index contributed by atoms with van der Waals surface area (Å²) in [6.45, 7) is 1.37. The first kappa shape index (κ1) is 17.5. The van der Waals surface area contributed by atoms with Crippen molar-refractivity contribution in [2.45, 2.75) is 31.7 Å². The highest BCUT2D eigenvalue weighted by Crippen LogP contribution is 2.29. The van der Waals surface area contributed by atoms with Gasteiger partial charge < -0.3 is 15.2 Å². The molecule has 0 atom stereocenters. The molecule has 25 heavy (non-hydrogen) atoms. The zero-order valence-electron chi connectivity index (χ0n) is 14.4. The number of carbonyl (C=O) groups is 1. The van der Waals surface area contributed by atoms with E-state index in [0.717, 1.165) is 49.1 Å². The van der Waals surface area contributed by atoms with Crippen molar-refractivity contribution < 1.29 is 14.6 Å². The summed E-state index contributed by atoms with van der Waals surface area (Å²) in [5.74, 6) is 0.0800. The van der Waals surface area contributed by atoms with E-state index in [4.69, 9.17) is 9.84 Å². The molecule has 0 bridgehead atoms. The molecule has 0 radical (unpaired) electrons. The molecule has 4 nitrogen and oxygen atoms in total. The van der Waals surface area contributed by atoms with Crippen LogP contribution in [-0.4, -0.2) is 30.3 Å². The molecule has 4 heteroatoms. The maximum absolute atomic E-state index is 11.0. The lowest BCUT2D eigenvalue weighted by atomic mass is 9.86. The summed E-state index contributed by atoms with van der Waals surface area (Å²) in [5, 5.41) is 12.5. The first-order valence-corrected chi connectivity index (χ1v) is 8.97. The predicted octanol–water partition coefficient (Wildman–Crippen LogP) is 3.97. The average Bonchev–Trinajstić information content (AvgIpc) is 2.66. The summed E-state index contributed by atoms with van der Waals surface area (Å²) in [4.78, 5) is 11.0. The smallest absolute Gasteiger partial charge is 0.306 e. The lowest BCUT2D eigenvalue weighted by Gasteiger charge is -2.27. The molecule has 0 saturated heterocycles. The standard InChI is InChI=1S/C21H25NO3/c23-21(24)17-10-12-18(13-11-17)22-14-15-25-20-9-5-4-8-19(20)16-6-2-1-3-7-16/h1-9,17-18,22H,10-15H2,(H,23,24). The molecular weight excluding hydrogens is 314 g/mol.